The molecule has 0 radical (unpaired) electrons. The standard InChI is InChI=1S/C30H48O3/c1-18-10-15-30(25(32)33)17-16-28(6)20(24(30)19(18)2)8-9-22-27(5)13-12-23(31)26(3,4)21(27)11-14-29(22,28)7/h8,18-19,21-24,31H,9-17H2,1-7H3,(H,32,33)/t18-,19+,21?,22?,23+,24?,27+,28-,29-,30+/m1/s1. The Labute approximate surface area is 201 Å². The summed E-state index contributed by atoms with van der Waals surface area (Å²) in [5, 5.41) is 21.4. The average Bonchev–Trinajstić information content (AvgIpc) is 2.74. The topological polar surface area (TPSA) is 57.5 Å². The molecule has 0 aromatic rings. The molecule has 3 nitrogen and oxygen atoms in total. The van der Waals surface area contributed by atoms with Gasteiger partial charge in [0.2, 0.25) is 0 Å². The normalized spacial score (nSPS) is 55.3. The second kappa shape index (κ2) is 7.11. The van der Waals surface area contributed by atoms with Crippen molar-refractivity contribution >= 4 is 5.97 Å². The molecule has 10 atom stereocenters. The predicted molar refractivity (Wildman–Crippen MR) is 133 cm³/mol. The number of hydrogen-bond donors (Lipinski definition) is 2. The predicted octanol–water partition coefficient (Wildman–Crippen LogP) is 7.09. The summed E-state index contributed by atoms with van der Waals surface area (Å²) in [6, 6.07) is 0. The molecule has 0 aromatic heterocycles. The van der Waals surface area contributed by atoms with Crippen LogP contribution in [0.2, 0.25) is 0 Å². The summed E-state index contributed by atoms with van der Waals surface area (Å²) in [7, 11) is 0. The molecular formula is C30H48O3. The minimum absolute atomic E-state index is 0.0302. The van der Waals surface area contributed by atoms with Gasteiger partial charge < -0.3 is 10.2 Å². The van der Waals surface area contributed by atoms with Gasteiger partial charge in [0.25, 0.3) is 0 Å². The molecule has 0 amide bonds. The van der Waals surface area contributed by atoms with Crippen molar-refractivity contribution in [2.24, 2.45) is 56.7 Å². The van der Waals surface area contributed by atoms with Crippen LogP contribution < -0.4 is 0 Å². The molecule has 0 aliphatic heterocycles. The first-order valence-corrected chi connectivity index (χ1v) is 13.9. The zero-order chi connectivity index (χ0) is 24.2. The van der Waals surface area contributed by atoms with Crippen LogP contribution >= 0.6 is 0 Å². The molecular weight excluding hydrogens is 408 g/mol. The van der Waals surface area contributed by atoms with E-state index in [1.165, 1.54) is 18.4 Å². The maximum atomic E-state index is 12.8. The highest BCUT2D eigenvalue weighted by Gasteiger charge is 2.69. The molecule has 2 N–H and O–H groups in total. The summed E-state index contributed by atoms with van der Waals surface area (Å²) in [4.78, 5) is 12.8. The van der Waals surface area contributed by atoms with E-state index in [0.717, 1.165) is 44.9 Å². The molecule has 3 heteroatoms. The van der Waals surface area contributed by atoms with E-state index >= 15 is 0 Å². The summed E-state index contributed by atoms with van der Waals surface area (Å²) in [5.41, 5.74) is 1.46. The lowest BCUT2D eigenvalue weighted by Gasteiger charge is -2.71. The minimum atomic E-state index is -0.557. The number of carboxylic acid groups (broad SMARTS) is 1. The quantitative estimate of drug-likeness (QED) is 0.414. The number of fused-ring (bicyclic) bond motifs is 7. The van der Waals surface area contributed by atoms with Crippen LogP contribution in [-0.4, -0.2) is 22.3 Å². The number of hydrogen-bond acceptors (Lipinski definition) is 2. The Morgan fingerprint density at radius 3 is 2.27 bits per heavy atom. The first kappa shape index (κ1) is 23.9. The largest absolute Gasteiger partial charge is 0.481 e. The van der Waals surface area contributed by atoms with E-state index in [2.05, 4.69) is 54.5 Å². The van der Waals surface area contributed by atoms with Gasteiger partial charge in [-0.05, 0) is 109 Å². The molecule has 0 spiro atoms. The van der Waals surface area contributed by atoms with E-state index in [4.69, 9.17) is 0 Å². The summed E-state index contributed by atoms with van der Waals surface area (Å²) in [6.45, 7) is 17.0. The lowest BCUT2D eigenvalue weighted by molar-refractivity contribution is -0.206. The Bertz CT molecular complexity index is 874. The summed E-state index contributed by atoms with van der Waals surface area (Å²) in [5.74, 6) is 1.82. The summed E-state index contributed by atoms with van der Waals surface area (Å²) in [6.07, 6.45) is 11.6. The SMILES string of the molecule is C[C@@H]1CC[C@]2(C(=O)O)CC[C@]3(C)C(=CCC4[C@@]5(C)CC[C@H](O)C(C)(C)C5CC[C@]43C)C2[C@H]1C. The van der Waals surface area contributed by atoms with Gasteiger partial charge in [0.1, 0.15) is 0 Å². The number of rotatable bonds is 1. The number of aliphatic carboxylic acids is 1. The van der Waals surface area contributed by atoms with Crippen molar-refractivity contribution in [1.82, 2.24) is 0 Å². The average molecular weight is 457 g/mol. The molecule has 3 unspecified atom stereocenters. The molecule has 33 heavy (non-hydrogen) atoms. The van der Waals surface area contributed by atoms with Crippen LogP contribution in [0.5, 0.6) is 0 Å². The molecule has 5 rings (SSSR count). The Morgan fingerprint density at radius 2 is 1.61 bits per heavy atom. The first-order valence-electron chi connectivity index (χ1n) is 13.9. The third-order valence-corrected chi connectivity index (χ3v) is 13.4. The Balaban J connectivity index is 1.61. The van der Waals surface area contributed by atoms with Crippen molar-refractivity contribution in [2.75, 3.05) is 0 Å². The highest BCUT2D eigenvalue weighted by Crippen LogP contribution is 2.75. The number of aliphatic hydroxyl groups is 1. The first-order chi connectivity index (χ1) is 15.3. The van der Waals surface area contributed by atoms with Gasteiger partial charge in [-0.15, -0.1) is 0 Å². The van der Waals surface area contributed by atoms with Gasteiger partial charge in [-0.2, -0.15) is 0 Å². The van der Waals surface area contributed by atoms with Crippen LogP contribution in [0, 0.1) is 56.7 Å². The second-order valence-electron chi connectivity index (χ2n) is 14.5. The van der Waals surface area contributed by atoms with Crippen molar-refractivity contribution in [3.05, 3.63) is 11.6 Å². The van der Waals surface area contributed by atoms with Crippen molar-refractivity contribution < 1.29 is 15.0 Å². The molecule has 4 fully saturated rings. The zero-order valence-corrected chi connectivity index (χ0v) is 22.2. The number of aliphatic hydroxyl groups excluding tert-OH is 1. The van der Waals surface area contributed by atoms with Gasteiger partial charge in [-0.25, -0.2) is 0 Å². The van der Waals surface area contributed by atoms with Gasteiger partial charge in [0.05, 0.1) is 11.5 Å². The smallest absolute Gasteiger partial charge is 0.310 e. The van der Waals surface area contributed by atoms with Gasteiger partial charge >= 0.3 is 5.97 Å². The third kappa shape index (κ3) is 2.75. The minimum Gasteiger partial charge on any atom is -0.481 e. The van der Waals surface area contributed by atoms with E-state index in [-0.39, 0.29) is 33.7 Å². The van der Waals surface area contributed by atoms with Crippen LogP contribution in [0.1, 0.15) is 106 Å². The van der Waals surface area contributed by atoms with Crippen LogP contribution in [-0.2, 0) is 4.79 Å². The molecule has 5 aliphatic carbocycles. The lowest BCUT2D eigenvalue weighted by Crippen LogP contribution is -2.65. The zero-order valence-electron chi connectivity index (χ0n) is 22.2. The monoisotopic (exact) mass is 456 g/mol. The van der Waals surface area contributed by atoms with Crippen molar-refractivity contribution in [3.8, 4) is 0 Å². The number of allylic oxidation sites excluding steroid dienone is 2. The van der Waals surface area contributed by atoms with Gasteiger partial charge in [-0.1, -0.05) is 60.1 Å². The van der Waals surface area contributed by atoms with E-state index in [9.17, 15) is 15.0 Å². The molecule has 0 aromatic carbocycles. The summed E-state index contributed by atoms with van der Waals surface area (Å²) >= 11 is 0. The second-order valence-corrected chi connectivity index (χ2v) is 14.5. The van der Waals surface area contributed by atoms with Crippen molar-refractivity contribution in [2.45, 2.75) is 112 Å². The van der Waals surface area contributed by atoms with Crippen LogP contribution in [0.3, 0.4) is 0 Å². The lowest BCUT2D eigenvalue weighted by atomic mass is 9.33. The molecule has 5 aliphatic rings. The maximum absolute atomic E-state index is 12.8. The number of carbonyl (C=O) groups is 1. The molecule has 0 heterocycles. The van der Waals surface area contributed by atoms with E-state index in [0.29, 0.717) is 23.7 Å². The van der Waals surface area contributed by atoms with Crippen LogP contribution in [0.25, 0.3) is 0 Å². The Morgan fingerprint density at radius 1 is 0.909 bits per heavy atom. The fraction of sp³-hybridized carbons (Fsp3) is 0.900. The van der Waals surface area contributed by atoms with E-state index in [1.54, 1.807) is 0 Å². The van der Waals surface area contributed by atoms with Crippen LogP contribution in [0.15, 0.2) is 11.6 Å². The third-order valence-electron chi connectivity index (χ3n) is 13.4. The molecule has 0 bridgehead atoms. The van der Waals surface area contributed by atoms with Gasteiger partial charge in [0.15, 0.2) is 0 Å². The van der Waals surface area contributed by atoms with E-state index in [1.807, 2.05) is 0 Å². The van der Waals surface area contributed by atoms with E-state index < -0.39 is 11.4 Å². The summed E-state index contributed by atoms with van der Waals surface area (Å²) < 4.78 is 0. The molecule has 4 saturated carbocycles. The highest BCUT2D eigenvalue weighted by atomic mass is 16.4. The Hall–Kier alpha value is -0.830. The fourth-order valence-corrected chi connectivity index (χ4v) is 10.8. The molecule has 0 saturated heterocycles. The van der Waals surface area contributed by atoms with Gasteiger partial charge in [-0.3, -0.25) is 4.79 Å². The number of carboxylic acids is 1. The van der Waals surface area contributed by atoms with Gasteiger partial charge in [0, 0.05) is 0 Å². The van der Waals surface area contributed by atoms with Crippen molar-refractivity contribution in [1.29, 1.82) is 0 Å². The maximum Gasteiger partial charge on any atom is 0.310 e. The Kier molecular flexibility index (Phi) is 5.15. The van der Waals surface area contributed by atoms with Crippen molar-refractivity contribution in [3.63, 3.8) is 0 Å². The molecule has 186 valence electrons. The fourth-order valence-electron chi connectivity index (χ4n) is 10.8. The highest BCUT2D eigenvalue weighted by molar-refractivity contribution is 5.76. The van der Waals surface area contributed by atoms with Crippen LogP contribution in [0.4, 0.5) is 0 Å².